The van der Waals surface area contributed by atoms with E-state index in [-0.39, 0.29) is 33.2 Å². The van der Waals surface area contributed by atoms with Gasteiger partial charge in [-0.15, -0.1) is 0 Å². The Bertz CT molecular complexity index is 1750. The van der Waals surface area contributed by atoms with E-state index in [1.165, 1.54) is 29.2 Å². The number of aliphatic carboxylic acids is 1. The third-order valence-electron chi connectivity index (χ3n) is 6.58. The van der Waals surface area contributed by atoms with Crippen molar-refractivity contribution in [3.05, 3.63) is 141 Å². The zero-order chi connectivity index (χ0) is 33.9. The topological polar surface area (TPSA) is 125 Å². The maximum atomic E-state index is 13.9. The van der Waals surface area contributed by atoms with Gasteiger partial charge in [-0.25, -0.2) is 4.79 Å². The molecule has 0 radical (unpaired) electrons. The number of carbonyl (C=O) groups is 4. The highest BCUT2D eigenvalue weighted by Crippen LogP contribution is 2.36. The van der Waals surface area contributed by atoms with E-state index in [2.05, 4.69) is 32.8 Å². The molecule has 3 aromatic rings. The molecule has 1 aliphatic heterocycles. The van der Waals surface area contributed by atoms with E-state index in [0.29, 0.717) is 15.7 Å². The third kappa shape index (κ3) is 9.19. The fourth-order valence-corrected chi connectivity index (χ4v) is 6.29. The minimum absolute atomic E-state index is 0.0294. The van der Waals surface area contributed by atoms with E-state index < -0.39 is 30.4 Å². The van der Waals surface area contributed by atoms with Gasteiger partial charge in [-0.05, 0) is 63.8 Å². The lowest BCUT2D eigenvalue weighted by atomic mass is 9.99. The number of halogens is 2. The average Bonchev–Trinajstić information content (AvgIpc) is 3.06. The molecule has 0 bridgehead atoms. The van der Waals surface area contributed by atoms with Crippen molar-refractivity contribution < 1.29 is 29.0 Å². The first-order valence-corrected chi connectivity index (χ1v) is 16.3. The van der Waals surface area contributed by atoms with Crippen LogP contribution in [0.5, 0.6) is 5.75 Å². The number of nitrogens with one attached hydrogen (secondary N) is 1. The van der Waals surface area contributed by atoms with E-state index in [0.717, 1.165) is 22.9 Å². The van der Waals surface area contributed by atoms with Crippen molar-refractivity contribution in [3.63, 3.8) is 0 Å². The summed E-state index contributed by atoms with van der Waals surface area (Å²) in [6.07, 6.45) is 7.82. The normalized spacial score (nSPS) is 14.5. The van der Waals surface area contributed by atoms with Crippen molar-refractivity contribution in [2.45, 2.75) is 13.0 Å². The molecular weight excluding hydrogens is 706 g/mol. The molecule has 3 aromatic carbocycles. The van der Waals surface area contributed by atoms with Crippen molar-refractivity contribution in [2.75, 3.05) is 12.4 Å². The number of rotatable bonds is 12. The van der Waals surface area contributed by atoms with Crippen molar-refractivity contribution in [2.24, 2.45) is 4.99 Å². The van der Waals surface area contributed by atoms with Crippen LogP contribution in [0.1, 0.15) is 29.7 Å². The Labute approximate surface area is 289 Å². The van der Waals surface area contributed by atoms with E-state index in [1.807, 2.05) is 60.7 Å². The summed E-state index contributed by atoms with van der Waals surface area (Å²) in [5.74, 6) is -3.01. The van der Waals surface area contributed by atoms with Crippen LogP contribution in [0.4, 0.5) is 0 Å². The summed E-state index contributed by atoms with van der Waals surface area (Å²) >= 11 is 10.6. The first-order chi connectivity index (χ1) is 22.6. The summed E-state index contributed by atoms with van der Waals surface area (Å²) in [5.41, 5.74) is 2.31. The Morgan fingerprint density at radius 3 is 2.30 bits per heavy atom. The number of aliphatic imine (C=N–C) groups is 1. The van der Waals surface area contributed by atoms with Crippen LogP contribution in [0.15, 0.2) is 124 Å². The SMILES string of the molecule is C=C/C=C\C(=C/C)N1C(=O)/C(=C/c2cc(Cl)c(OCC(=O)O)c(Br)c2)C(=O)N=C1SCC(=O)NC(c1ccccc1)c1ccccc1. The van der Waals surface area contributed by atoms with Crippen LogP contribution in [0.3, 0.4) is 0 Å². The van der Waals surface area contributed by atoms with E-state index in [1.54, 1.807) is 25.2 Å². The quantitative estimate of drug-likeness (QED) is 0.117. The van der Waals surface area contributed by atoms with E-state index >= 15 is 0 Å². The maximum absolute atomic E-state index is 13.9. The zero-order valence-corrected chi connectivity index (χ0v) is 28.2. The summed E-state index contributed by atoms with van der Waals surface area (Å²) in [6, 6.07) is 21.6. The number of hydrogen-bond donors (Lipinski definition) is 2. The summed E-state index contributed by atoms with van der Waals surface area (Å²) in [4.78, 5) is 56.9. The Hall–Kier alpha value is -4.71. The molecule has 1 aliphatic rings. The van der Waals surface area contributed by atoms with Gasteiger partial charge in [0.15, 0.2) is 17.5 Å². The van der Waals surface area contributed by atoms with Gasteiger partial charge in [-0.3, -0.25) is 19.3 Å². The second kappa shape index (κ2) is 16.7. The van der Waals surface area contributed by atoms with Gasteiger partial charge in [0.25, 0.3) is 11.8 Å². The number of carboxylic acid groups (broad SMARTS) is 1. The van der Waals surface area contributed by atoms with Crippen LogP contribution in [0.2, 0.25) is 5.02 Å². The lowest BCUT2D eigenvalue weighted by Crippen LogP contribution is -2.42. The smallest absolute Gasteiger partial charge is 0.341 e. The van der Waals surface area contributed by atoms with E-state index in [9.17, 15) is 19.2 Å². The number of carbonyl (C=O) groups excluding carboxylic acids is 3. The second-order valence-electron chi connectivity index (χ2n) is 9.81. The molecule has 12 heteroatoms. The molecule has 1 heterocycles. The van der Waals surface area contributed by atoms with Crippen LogP contribution >= 0.6 is 39.3 Å². The minimum Gasteiger partial charge on any atom is -0.479 e. The Morgan fingerprint density at radius 2 is 1.74 bits per heavy atom. The number of thioether (sulfide) groups is 1. The van der Waals surface area contributed by atoms with Crippen molar-refractivity contribution in [3.8, 4) is 5.75 Å². The van der Waals surface area contributed by atoms with Crippen molar-refractivity contribution >= 4 is 74.2 Å². The fraction of sp³-hybridized carbons (Fsp3) is 0.114. The molecule has 0 fully saturated rings. The van der Waals surface area contributed by atoms with Crippen LogP contribution < -0.4 is 10.1 Å². The summed E-state index contributed by atoms with van der Waals surface area (Å²) < 4.78 is 5.55. The Balaban J connectivity index is 1.63. The number of allylic oxidation sites excluding steroid dienone is 4. The highest BCUT2D eigenvalue weighted by atomic mass is 79.9. The minimum atomic E-state index is -1.18. The van der Waals surface area contributed by atoms with Crippen LogP contribution in [0, 0.1) is 0 Å². The lowest BCUT2D eigenvalue weighted by Gasteiger charge is -2.28. The van der Waals surface area contributed by atoms with Gasteiger partial charge < -0.3 is 15.2 Å². The third-order valence-corrected chi connectivity index (χ3v) is 8.39. The number of ether oxygens (including phenoxy) is 1. The molecule has 9 nitrogen and oxygen atoms in total. The Morgan fingerprint density at radius 1 is 1.11 bits per heavy atom. The van der Waals surface area contributed by atoms with E-state index in [4.69, 9.17) is 21.4 Å². The maximum Gasteiger partial charge on any atom is 0.341 e. The first-order valence-electron chi connectivity index (χ1n) is 14.1. The summed E-state index contributed by atoms with van der Waals surface area (Å²) in [5, 5.41) is 12.1. The molecule has 0 atom stereocenters. The fourth-order valence-electron chi connectivity index (χ4n) is 4.49. The second-order valence-corrected chi connectivity index (χ2v) is 12.0. The zero-order valence-electron chi connectivity index (χ0n) is 25.1. The average molecular weight is 735 g/mol. The molecule has 0 saturated carbocycles. The van der Waals surface area contributed by atoms with Gasteiger partial charge in [-0.1, -0.05) is 109 Å². The predicted octanol–water partition coefficient (Wildman–Crippen LogP) is 6.96. The molecule has 0 unspecified atom stereocenters. The van der Waals surface area contributed by atoms with Crippen LogP contribution in [-0.2, 0) is 19.2 Å². The molecular formula is C35H29BrClN3O6S. The molecule has 2 N–H and O–H groups in total. The van der Waals surface area contributed by atoms with Crippen LogP contribution in [-0.4, -0.2) is 51.2 Å². The molecule has 0 aliphatic carbocycles. The van der Waals surface area contributed by atoms with Crippen LogP contribution in [0.25, 0.3) is 6.08 Å². The number of carboxylic acids is 1. The molecule has 4 rings (SSSR count). The summed E-state index contributed by atoms with van der Waals surface area (Å²) in [6.45, 7) is 4.80. The van der Waals surface area contributed by atoms with Gasteiger partial charge >= 0.3 is 5.97 Å². The first kappa shape index (κ1) is 35.1. The number of benzene rings is 3. The number of amides is 3. The van der Waals surface area contributed by atoms with Crippen molar-refractivity contribution in [1.82, 2.24) is 10.2 Å². The van der Waals surface area contributed by atoms with Gasteiger partial charge in [-0.2, -0.15) is 4.99 Å². The Kier molecular flexibility index (Phi) is 12.5. The van der Waals surface area contributed by atoms with Gasteiger partial charge in [0.05, 0.1) is 21.3 Å². The largest absolute Gasteiger partial charge is 0.479 e. The monoisotopic (exact) mass is 733 g/mol. The van der Waals surface area contributed by atoms with Gasteiger partial charge in [0.2, 0.25) is 5.91 Å². The lowest BCUT2D eigenvalue weighted by molar-refractivity contribution is -0.139. The number of hydrogen-bond acceptors (Lipinski definition) is 6. The highest BCUT2D eigenvalue weighted by Gasteiger charge is 2.35. The molecule has 0 spiro atoms. The molecule has 240 valence electrons. The molecule has 47 heavy (non-hydrogen) atoms. The van der Waals surface area contributed by atoms with Gasteiger partial charge in [0, 0.05) is 5.70 Å². The molecule has 3 amide bonds. The molecule has 0 saturated heterocycles. The number of amidine groups is 1. The number of nitrogens with zero attached hydrogens (tertiary/aromatic N) is 2. The highest BCUT2D eigenvalue weighted by molar-refractivity contribution is 9.10. The van der Waals surface area contributed by atoms with Crippen molar-refractivity contribution in [1.29, 1.82) is 0 Å². The van der Waals surface area contributed by atoms with Gasteiger partial charge in [0.1, 0.15) is 5.57 Å². The predicted molar refractivity (Wildman–Crippen MR) is 188 cm³/mol. The summed E-state index contributed by atoms with van der Waals surface area (Å²) in [7, 11) is 0. The molecule has 0 aromatic heterocycles. The standard InChI is InChI=1S/C35H29BrClN3O6S/c1-3-5-16-25(4-2)40-34(45)26(17-22-18-27(36)32(28(37)19-22)46-20-30(42)43)33(44)39-35(40)47-21-29(41)38-31(23-12-8-6-9-13-23)24-14-10-7-11-15-24/h3-19,31H,1,20-21H2,2H3,(H,38,41)(H,42,43)/b16-5-,25-4+,26-17+.